The molecule has 1 aliphatic heterocycles. The zero-order chi connectivity index (χ0) is 14.2. The van der Waals surface area contributed by atoms with E-state index in [9.17, 15) is 4.79 Å². The monoisotopic (exact) mass is 318 g/mol. The highest BCUT2D eigenvalue weighted by Crippen LogP contribution is 2.36. The second kappa shape index (κ2) is 6.10. The maximum Gasteiger partial charge on any atom is 0.151 e. The highest BCUT2D eigenvalue weighted by atomic mass is 35.5. The number of nitrogens with zero attached hydrogens (tertiary/aromatic N) is 2. The predicted octanol–water partition coefficient (Wildman–Crippen LogP) is 3.12. The Balaban J connectivity index is 2.05. The highest BCUT2D eigenvalue weighted by Gasteiger charge is 2.31. The van der Waals surface area contributed by atoms with Gasteiger partial charge >= 0.3 is 0 Å². The maximum absolute atomic E-state index is 12.4. The Hall–Kier alpha value is -0.130. The molecule has 0 aromatic carbocycles. The van der Waals surface area contributed by atoms with Crippen LogP contribution in [-0.4, -0.2) is 37.1 Å². The van der Waals surface area contributed by atoms with Crippen LogP contribution in [0.3, 0.4) is 0 Å². The summed E-state index contributed by atoms with van der Waals surface area (Å²) in [4.78, 5) is 12.4. The van der Waals surface area contributed by atoms with Gasteiger partial charge in [-0.15, -0.1) is 11.8 Å². The number of Topliss-reactive ketones (excluding diaryl/α,β-unsaturated/α-hetero) is 1. The van der Waals surface area contributed by atoms with Gasteiger partial charge in [0, 0.05) is 35.3 Å². The van der Waals surface area contributed by atoms with Crippen molar-refractivity contribution >= 4 is 40.9 Å². The third-order valence-electron chi connectivity index (χ3n) is 3.53. The van der Waals surface area contributed by atoms with Gasteiger partial charge in [0.15, 0.2) is 5.78 Å². The van der Waals surface area contributed by atoms with E-state index < -0.39 is 0 Å². The fourth-order valence-electron chi connectivity index (χ4n) is 2.12. The van der Waals surface area contributed by atoms with Gasteiger partial charge in [0.05, 0.1) is 10.9 Å². The van der Waals surface area contributed by atoms with Gasteiger partial charge in [-0.25, -0.2) is 0 Å². The lowest BCUT2D eigenvalue weighted by Crippen LogP contribution is -2.32. The molecule has 106 valence electrons. The van der Waals surface area contributed by atoms with Crippen LogP contribution in [0.15, 0.2) is 0 Å². The minimum atomic E-state index is 0.0897. The number of carbonyl (C=O) groups excluding carboxylic acids is 1. The Kier molecular flexibility index (Phi) is 4.90. The summed E-state index contributed by atoms with van der Waals surface area (Å²) in [6.45, 7) is 6.33. The second-order valence-corrected chi connectivity index (χ2v) is 8.34. The quantitative estimate of drug-likeness (QED) is 0.857. The molecule has 3 unspecified atom stereocenters. The van der Waals surface area contributed by atoms with Gasteiger partial charge in [0.1, 0.15) is 5.15 Å². The van der Waals surface area contributed by atoms with Crippen molar-refractivity contribution in [3.63, 3.8) is 0 Å². The molecule has 3 atom stereocenters. The van der Waals surface area contributed by atoms with Crippen molar-refractivity contribution in [3.05, 3.63) is 16.4 Å². The topological polar surface area (TPSA) is 34.9 Å². The Labute approximate surface area is 127 Å². The molecule has 0 N–H and O–H groups in total. The lowest BCUT2D eigenvalue weighted by atomic mass is 10.1. The van der Waals surface area contributed by atoms with Crippen molar-refractivity contribution in [1.29, 1.82) is 0 Å². The summed E-state index contributed by atoms with van der Waals surface area (Å²) in [5.41, 5.74) is 1.74. The van der Waals surface area contributed by atoms with Crippen molar-refractivity contribution in [2.24, 2.45) is 7.05 Å². The van der Waals surface area contributed by atoms with E-state index in [0.717, 1.165) is 17.0 Å². The maximum atomic E-state index is 12.4. The molecule has 0 spiro atoms. The van der Waals surface area contributed by atoms with Gasteiger partial charge in [0.25, 0.3) is 0 Å². The second-order valence-electron chi connectivity index (χ2n) is 4.99. The third kappa shape index (κ3) is 3.31. The van der Waals surface area contributed by atoms with Crippen molar-refractivity contribution in [1.82, 2.24) is 9.78 Å². The van der Waals surface area contributed by atoms with Crippen molar-refractivity contribution in [2.75, 3.05) is 5.75 Å². The normalized spacial score (nSPS) is 27.5. The first-order valence-electron chi connectivity index (χ1n) is 6.38. The van der Waals surface area contributed by atoms with Crippen LogP contribution in [0.25, 0.3) is 0 Å². The summed E-state index contributed by atoms with van der Waals surface area (Å²) < 4.78 is 1.63. The number of hydrogen-bond acceptors (Lipinski definition) is 4. The van der Waals surface area contributed by atoms with E-state index >= 15 is 0 Å². The molecule has 1 aromatic heterocycles. The van der Waals surface area contributed by atoms with Gasteiger partial charge in [-0.3, -0.25) is 9.48 Å². The van der Waals surface area contributed by atoms with Crippen LogP contribution in [0.1, 0.15) is 25.1 Å². The minimum Gasteiger partial charge on any atom is -0.298 e. The van der Waals surface area contributed by atoms with Crippen molar-refractivity contribution in [3.8, 4) is 0 Å². The fourth-order valence-corrected chi connectivity index (χ4v) is 5.24. The van der Waals surface area contributed by atoms with Crippen LogP contribution in [0.4, 0.5) is 0 Å². The largest absolute Gasteiger partial charge is 0.298 e. The van der Waals surface area contributed by atoms with E-state index in [2.05, 4.69) is 18.9 Å². The first-order valence-corrected chi connectivity index (χ1v) is 8.74. The number of aryl methyl sites for hydroxylation is 2. The lowest BCUT2D eigenvalue weighted by molar-refractivity contribution is -0.117. The first kappa shape index (κ1) is 15.3. The van der Waals surface area contributed by atoms with Crippen LogP contribution in [-0.2, 0) is 18.3 Å². The third-order valence-corrected chi connectivity index (χ3v) is 7.44. The van der Waals surface area contributed by atoms with E-state index in [1.54, 1.807) is 23.5 Å². The molecule has 1 aliphatic rings. The molecule has 0 radical (unpaired) electrons. The average Bonchev–Trinajstić information content (AvgIpc) is 2.59. The average molecular weight is 319 g/mol. The molecular formula is C13H19ClN2OS2. The number of hydrogen-bond donors (Lipinski definition) is 0. The number of ketones is 1. The van der Waals surface area contributed by atoms with Gasteiger partial charge in [0.2, 0.25) is 0 Å². The Morgan fingerprint density at radius 3 is 2.68 bits per heavy atom. The van der Waals surface area contributed by atoms with E-state index in [-0.39, 0.29) is 11.0 Å². The summed E-state index contributed by atoms with van der Waals surface area (Å²) in [7, 11) is 1.80. The molecule has 0 bridgehead atoms. The van der Waals surface area contributed by atoms with Crippen LogP contribution in [0, 0.1) is 6.92 Å². The zero-order valence-electron chi connectivity index (χ0n) is 11.6. The summed E-state index contributed by atoms with van der Waals surface area (Å²) in [6, 6.07) is 0. The van der Waals surface area contributed by atoms with Gasteiger partial charge in [-0.2, -0.15) is 16.9 Å². The Morgan fingerprint density at radius 2 is 2.16 bits per heavy atom. The summed E-state index contributed by atoms with van der Waals surface area (Å²) in [5, 5.41) is 6.08. The molecule has 0 aliphatic carbocycles. The predicted molar refractivity (Wildman–Crippen MR) is 84.4 cm³/mol. The summed E-state index contributed by atoms with van der Waals surface area (Å²) >= 11 is 9.88. The van der Waals surface area contributed by atoms with Gasteiger partial charge < -0.3 is 0 Å². The number of carbonyl (C=O) groups is 1. The molecule has 3 nitrogen and oxygen atoms in total. The highest BCUT2D eigenvalue weighted by molar-refractivity contribution is 8.08. The molecule has 0 saturated carbocycles. The van der Waals surface area contributed by atoms with Crippen LogP contribution in [0.5, 0.6) is 0 Å². The molecule has 2 heterocycles. The SMILES string of the molecule is Cc1nn(C)c(Cl)c1CC(=O)C1CSC(C)C(C)S1. The number of thioether (sulfide) groups is 2. The standard InChI is InChI=1S/C13H19ClN2OS2/c1-7-10(13(14)16(4)15-7)5-11(17)12-6-18-8(2)9(3)19-12/h8-9,12H,5-6H2,1-4H3. The molecule has 19 heavy (non-hydrogen) atoms. The Morgan fingerprint density at radius 1 is 1.47 bits per heavy atom. The molecule has 6 heteroatoms. The molecule has 1 fully saturated rings. The van der Waals surface area contributed by atoms with Crippen LogP contribution < -0.4 is 0 Å². The van der Waals surface area contributed by atoms with E-state index in [1.807, 2.05) is 18.7 Å². The van der Waals surface area contributed by atoms with E-state index in [1.165, 1.54) is 0 Å². The van der Waals surface area contributed by atoms with Gasteiger partial charge in [-0.1, -0.05) is 25.4 Å². The molecule has 2 rings (SSSR count). The van der Waals surface area contributed by atoms with Crippen molar-refractivity contribution < 1.29 is 4.79 Å². The van der Waals surface area contributed by atoms with Crippen LogP contribution >= 0.6 is 35.1 Å². The van der Waals surface area contributed by atoms with Crippen LogP contribution in [0.2, 0.25) is 5.15 Å². The fraction of sp³-hybridized carbons (Fsp3) is 0.692. The van der Waals surface area contributed by atoms with Gasteiger partial charge in [-0.05, 0) is 6.92 Å². The smallest absolute Gasteiger partial charge is 0.151 e. The number of rotatable bonds is 3. The number of halogens is 1. The lowest BCUT2D eigenvalue weighted by Gasteiger charge is -2.30. The molecule has 0 amide bonds. The molecular weight excluding hydrogens is 300 g/mol. The summed E-state index contributed by atoms with van der Waals surface area (Å²) in [6.07, 6.45) is 0.401. The minimum absolute atomic E-state index is 0.0897. The van der Waals surface area contributed by atoms with E-state index in [0.29, 0.717) is 22.1 Å². The van der Waals surface area contributed by atoms with E-state index in [4.69, 9.17) is 11.6 Å². The molecule has 1 aromatic rings. The number of aromatic nitrogens is 2. The molecule has 1 saturated heterocycles. The first-order chi connectivity index (χ1) is 8.90. The zero-order valence-corrected chi connectivity index (χ0v) is 14.0. The summed E-state index contributed by atoms with van der Waals surface area (Å²) in [5.74, 6) is 1.18. The Bertz CT molecular complexity index is 489. The van der Waals surface area contributed by atoms with Crippen molar-refractivity contribution in [2.45, 2.75) is 42.9 Å².